The standard InChI is InChI=1S/C11H14N2O.ClH/c1-11(2)8-5-7(6-12)3-4-9(8)13-10(11)14;/h3-5H,6,12H2,1-2H3,(H,13,14);1H. The number of nitrogens with one attached hydrogen (secondary N) is 1. The normalized spacial score (nSPS) is 16.6. The highest BCUT2D eigenvalue weighted by molar-refractivity contribution is 6.05. The van der Waals surface area contributed by atoms with Crippen molar-refractivity contribution >= 4 is 24.0 Å². The zero-order valence-corrected chi connectivity index (χ0v) is 9.65. The third-order valence-electron chi connectivity index (χ3n) is 2.81. The average Bonchev–Trinajstić information content (AvgIpc) is 2.38. The van der Waals surface area contributed by atoms with Crippen LogP contribution in [0, 0.1) is 0 Å². The Morgan fingerprint density at radius 3 is 2.67 bits per heavy atom. The first-order valence-electron chi connectivity index (χ1n) is 4.70. The molecule has 0 aromatic heterocycles. The van der Waals surface area contributed by atoms with E-state index < -0.39 is 5.41 Å². The van der Waals surface area contributed by atoms with Gasteiger partial charge in [0.1, 0.15) is 0 Å². The number of hydrogen-bond acceptors (Lipinski definition) is 2. The van der Waals surface area contributed by atoms with E-state index in [1.165, 1.54) is 0 Å². The Bertz CT molecular complexity index is 402. The molecule has 2 rings (SSSR count). The molecule has 0 aliphatic carbocycles. The van der Waals surface area contributed by atoms with Gasteiger partial charge in [-0.15, -0.1) is 12.4 Å². The number of fused-ring (bicyclic) bond motifs is 1. The van der Waals surface area contributed by atoms with E-state index in [0.717, 1.165) is 16.8 Å². The molecule has 0 unspecified atom stereocenters. The molecule has 3 nitrogen and oxygen atoms in total. The molecule has 82 valence electrons. The molecule has 0 bridgehead atoms. The molecule has 1 aliphatic heterocycles. The van der Waals surface area contributed by atoms with Crippen molar-refractivity contribution in [2.24, 2.45) is 5.73 Å². The van der Waals surface area contributed by atoms with Crippen molar-refractivity contribution in [3.8, 4) is 0 Å². The van der Waals surface area contributed by atoms with E-state index in [1.54, 1.807) is 0 Å². The molecule has 0 radical (unpaired) electrons. The van der Waals surface area contributed by atoms with Crippen LogP contribution in [0.2, 0.25) is 0 Å². The Hall–Kier alpha value is -1.06. The van der Waals surface area contributed by atoms with Crippen LogP contribution in [0.5, 0.6) is 0 Å². The largest absolute Gasteiger partial charge is 0.326 e. The Morgan fingerprint density at radius 1 is 1.40 bits per heavy atom. The molecule has 15 heavy (non-hydrogen) atoms. The molecular formula is C11H15ClN2O. The van der Waals surface area contributed by atoms with Crippen molar-refractivity contribution in [2.75, 3.05) is 5.32 Å². The minimum Gasteiger partial charge on any atom is -0.326 e. The second kappa shape index (κ2) is 3.83. The van der Waals surface area contributed by atoms with Crippen molar-refractivity contribution in [1.82, 2.24) is 0 Å². The van der Waals surface area contributed by atoms with Crippen molar-refractivity contribution in [3.05, 3.63) is 29.3 Å². The second-order valence-electron chi connectivity index (χ2n) is 4.16. The first kappa shape index (κ1) is 12.0. The van der Waals surface area contributed by atoms with Crippen LogP contribution >= 0.6 is 12.4 Å². The van der Waals surface area contributed by atoms with Crippen LogP contribution in [-0.4, -0.2) is 5.91 Å². The fraction of sp³-hybridized carbons (Fsp3) is 0.364. The maximum absolute atomic E-state index is 11.6. The number of rotatable bonds is 1. The molecule has 1 heterocycles. The molecular weight excluding hydrogens is 212 g/mol. The van der Waals surface area contributed by atoms with Gasteiger partial charge in [0.2, 0.25) is 5.91 Å². The number of halogens is 1. The smallest absolute Gasteiger partial charge is 0.234 e. The minimum atomic E-state index is -0.430. The minimum absolute atomic E-state index is 0. The first-order valence-corrected chi connectivity index (χ1v) is 4.70. The monoisotopic (exact) mass is 226 g/mol. The van der Waals surface area contributed by atoms with E-state index in [1.807, 2.05) is 32.0 Å². The second-order valence-corrected chi connectivity index (χ2v) is 4.16. The summed E-state index contributed by atoms with van der Waals surface area (Å²) in [5, 5.41) is 2.86. The van der Waals surface area contributed by atoms with Gasteiger partial charge in [-0.3, -0.25) is 4.79 Å². The third kappa shape index (κ3) is 1.73. The van der Waals surface area contributed by atoms with Crippen LogP contribution in [0.3, 0.4) is 0 Å². The van der Waals surface area contributed by atoms with Crippen LogP contribution in [0.25, 0.3) is 0 Å². The molecule has 4 heteroatoms. The number of hydrogen-bond donors (Lipinski definition) is 2. The summed E-state index contributed by atoms with van der Waals surface area (Å²) < 4.78 is 0. The predicted molar refractivity (Wildman–Crippen MR) is 63.2 cm³/mol. The van der Waals surface area contributed by atoms with Crippen molar-refractivity contribution in [3.63, 3.8) is 0 Å². The zero-order chi connectivity index (χ0) is 10.3. The van der Waals surface area contributed by atoms with E-state index in [2.05, 4.69) is 5.32 Å². The van der Waals surface area contributed by atoms with Gasteiger partial charge in [-0.05, 0) is 31.0 Å². The van der Waals surface area contributed by atoms with E-state index in [-0.39, 0.29) is 18.3 Å². The van der Waals surface area contributed by atoms with Crippen LogP contribution < -0.4 is 11.1 Å². The number of carbonyl (C=O) groups excluding carboxylic acids is 1. The van der Waals surface area contributed by atoms with Crippen molar-refractivity contribution < 1.29 is 4.79 Å². The molecule has 1 aliphatic rings. The summed E-state index contributed by atoms with van der Waals surface area (Å²) in [6.07, 6.45) is 0. The molecule has 0 saturated carbocycles. The summed E-state index contributed by atoms with van der Waals surface area (Å²) in [5.41, 5.74) is 8.16. The number of benzene rings is 1. The van der Waals surface area contributed by atoms with Crippen LogP contribution in [0.4, 0.5) is 5.69 Å². The van der Waals surface area contributed by atoms with Gasteiger partial charge in [0.25, 0.3) is 0 Å². The maximum Gasteiger partial charge on any atom is 0.234 e. The van der Waals surface area contributed by atoms with Gasteiger partial charge in [-0.2, -0.15) is 0 Å². The van der Waals surface area contributed by atoms with Gasteiger partial charge >= 0.3 is 0 Å². The highest BCUT2D eigenvalue weighted by Gasteiger charge is 2.38. The van der Waals surface area contributed by atoms with Gasteiger partial charge in [0, 0.05) is 12.2 Å². The molecule has 0 atom stereocenters. The fourth-order valence-corrected chi connectivity index (χ4v) is 1.75. The molecule has 0 fully saturated rings. The van der Waals surface area contributed by atoms with E-state index >= 15 is 0 Å². The lowest BCUT2D eigenvalue weighted by molar-refractivity contribution is -0.119. The lowest BCUT2D eigenvalue weighted by atomic mass is 9.85. The van der Waals surface area contributed by atoms with Gasteiger partial charge in [0.15, 0.2) is 0 Å². The summed E-state index contributed by atoms with van der Waals surface area (Å²) >= 11 is 0. The van der Waals surface area contributed by atoms with Crippen molar-refractivity contribution in [2.45, 2.75) is 25.8 Å². The summed E-state index contributed by atoms with van der Waals surface area (Å²) in [7, 11) is 0. The summed E-state index contributed by atoms with van der Waals surface area (Å²) in [6, 6.07) is 5.87. The summed E-state index contributed by atoms with van der Waals surface area (Å²) in [6.45, 7) is 4.36. The molecule has 1 aromatic carbocycles. The number of amides is 1. The van der Waals surface area contributed by atoms with Gasteiger partial charge in [-0.25, -0.2) is 0 Å². The van der Waals surface area contributed by atoms with Gasteiger partial charge < -0.3 is 11.1 Å². The molecule has 0 spiro atoms. The number of carbonyl (C=O) groups is 1. The molecule has 1 aromatic rings. The lowest BCUT2D eigenvalue weighted by Crippen LogP contribution is -2.26. The SMILES string of the molecule is CC1(C)C(=O)Nc2ccc(CN)cc21.Cl. The van der Waals surface area contributed by atoms with E-state index in [0.29, 0.717) is 6.54 Å². The topological polar surface area (TPSA) is 55.1 Å². The Morgan fingerprint density at radius 2 is 2.07 bits per heavy atom. The summed E-state index contributed by atoms with van der Waals surface area (Å²) in [5.74, 6) is 0.0571. The Labute approximate surface area is 95.5 Å². The Kier molecular flexibility index (Phi) is 3.07. The first-order chi connectivity index (χ1) is 6.55. The average molecular weight is 227 g/mol. The van der Waals surface area contributed by atoms with E-state index in [9.17, 15) is 4.79 Å². The highest BCUT2D eigenvalue weighted by atomic mass is 35.5. The fourth-order valence-electron chi connectivity index (χ4n) is 1.75. The molecule has 3 N–H and O–H groups in total. The van der Waals surface area contributed by atoms with Crippen molar-refractivity contribution in [1.29, 1.82) is 0 Å². The van der Waals surface area contributed by atoms with Crippen LogP contribution in [0.15, 0.2) is 18.2 Å². The maximum atomic E-state index is 11.6. The Balaban J connectivity index is 0.00000112. The van der Waals surface area contributed by atoms with Crippen LogP contribution in [0.1, 0.15) is 25.0 Å². The highest BCUT2D eigenvalue weighted by Crippen LogP contribution is 2.37. The van der Waals surface area contributed by atoms with E-state index in [4.69, 9.17) is 5.73 Å². The van der Waals surface area contributed by atoms with Crippen LogP contribution in [-0.2, 0) is 16.8 Å². The van der Waals surface area contributed by atoms with Gasteiger partial charge in [-0.1, -0.05) is 12.1 Å². The van der Waals surface area contributed by atoms with Gasteiger partial charge in [0.05, 0.1) is 5.41 Å². The summed E-state index contributed by atoms with van der Waals surface area (Å²) in [4.78, 5) is 11.6. The number of anilines is 1. The third-order valence-corrected chi connectivity index (χ3v) is 2.81. The lowest BCUT2D eigenvalue weighted by Gasteiger charge is -2.15. The molecule has 0 saturated heterocycles. The zero-order valence-electron chi connectivity index (χ0n) is 8.83. The number of nitrogens with two attached hydrogens (primary N) is 1. The molecule has 1 amide bonds. The predicted octanol–water partition coefficient (Wildman–Crippen LogP) is 1.80. The quantitative estimate of drug-likeness (QED) is 0.767.